The lowest BCUT2D eigenvalue weighted by Gasteiger charge is -2.37. The Hall–Kier alpha value is -0.650. The first kappa shape index (κ1) is 11.8. The molecule has 0 aromatic rings. The van der Waals surface area contributed by atoms with E-state index in [9.17, 15) is 4.79 Å². The fourth-order valence-corrected chi connectivity index (χ4v) is 2.41. The zero-order chi connectivity index (χ0) is 11.5. The third-order valence-corrected chi connectivity index (χ3v) is 3.10. The van der Waals surface area contributed by atoms with Crippen LogP contribution in [0, 0.1) is 5.92 Å². The first-order valence-corrected chi connectivity index (χ1v) is 5.90. The van der Waals surface area contributed by atoms with Crippen molar-refractivity contribution >= 4 is 5.91 Å². The van der Waals surface area contributed by atoms with E-state index in [1.54, 1.807) is 0 Å². The Kier molecular flexibility index (Phi) is 3.78. The Morgan fingerprint density at radius 1 is 1.38 bits per heavy atom. The maximum Gasteiger partial charge on any atom is 0.254 e. The maximum absolute atomic E-state index is 12.1. The number of ether oxygens (including phenoxy) is 2. The number of carbonyl (C=O) groups is 1. The minimum atomic E-state index is -0.425. The summed E-state index contributed by atoms with van der Waals surface area (Å²) in [7, 11) is 0. The largest absolute Gasteiger partial charge is 0.376 e. The fraction of sp³-hybridized carbons (Fsp3) is 0.909. The van der Waals surface area contributed by atoms with Crippen LogP contribution in [0.15, 0.2) is 0 Å². The molecule has 0 spiro atoms. The monoisotopic (exact) mass is 228 g/mol. The number of nitrogens with two attached hydrogens (primary N) is 1. The first-order chi connectivity index (χ1) is 7.66. The van der Waals surface area contributed by atoms with Crippen molar-refractivity contribution in [2.45, 2.75) is 25.5 Å². The van der Waals surface area contributed by atoms with Crippen molar-refractivity contribution in [1.29, 1.82) is 0 Å². The molecule has 2 rings (SSSR count). The lowest BCUT2D eigenvalue weighted by molar-refractivity contribution is -0.159. The lowest BCUT2D eigenvalue weighted by atomic mass is 9.96. The summed E-state index contributed by atoms with van der Waals surface area (Å²) in [4.78, 5) is 13.9. The molecule has 0 aliphatic carbocycles. The van der Waals surface area contributed by atoms with Crippen LogP contribution in [0.25, 0.3) is 0 Å². The van der Waals surface area contributed by atoms with Crippen LogP contribution < -0.4 is 5.73 Å². The third-order valence-electron chi connectivity index (χ3n) is 3.10. The van der Waals surface area contributed by atoms with Crippen molar-refractivity contribution in [1.82, 2.24) is 4.90 Å². The zero-order valence-corrected chi connectivity index (χ0v) is 9.72. The summed E-state index contributed by atoms with van der Waals surface area (Å²) in [5, 5.41) is 0. The molecule has 0 radical (unpaired) electrons. The van der Waals surface area contributed by atoms with Gasteiger partial charge in [0.25, 0.3) is 5.91 Å². The Bertz CT molecular complexity index is 244. The summed E-state index contributed by atoms with van der Waals surface area (Å²) < 4.78 is 10.7. The van der Waals surface area contributed by atoms with Gasteiger partial charge in [-0.15, -0.1) is 0 Å². The van der Waals surface area contributed by atoms with Gasteiger partial charge in [-0.1, -0.05) is 6.92 Å². The van der Waals surface area contributed by atoms with Crippen molar-refractivity contribution in [3.8, 4) is 0 Å². The second-order valence-electron chi connectivity index (χ2n) is 4.78. The Labute approximate surface area is 95.9 Å². The van der Waals surface area contributed by atoms with Crippen molar-refractivity contribution in [3.63, 3.8) is 0 Å². The number of likely N-dealkylation sites (tertiary alicyclic amines) is 1. The van der Waals surface area contributed by atoms with E-state index in [0.29, 0.717) is 32.3 Å². The number of hydrogen-bond acceptors (Lipinski definition) is 4. The van der Waals surface area contributed by atoms with Gasteiger partial charge in [-0.25, -0.2) is 0 Å². The molecule has 2 aliphatic heterocycles. The highest BCUT2D eigenvalue weighted by Gasteiger charge is 2.32. The van der Waals surface area contributed by atoms with Crippen LogP contribution in [0.4, 0.5) is 0 Å². The Morgan fingerprint density at radius 3 is 2.81 bits per heavy atom. The van der Waals surface area contributed by atoms with Crippen molar-refractivity contribution in [2.75, 3.05) is 32.9 Å². The van der Waals surface area contributed by atoms with Crippen molar-refractivity contribution in [2.24, 2.45) is 11.7 Å². The molecule has 3 atom stereocenters. The van der Waals surface area contributed by atoms with E-state index < -0.39 is 6.10 Å². The van der Waals surface area contributed by atoms with Gasteiger partial charge in [0.15, 0.2) is 6.10 Å². The van der Waals surface area contributed by atoms with Gasteiger partial charge in [-0.05, 0) is 12.3 Å². The predicted molar refractivity (Wildman–Crippen MR) is 58.9 cm³/mol. The summed E-state index contributed by atoms with van der Waals surface area (Å²) in [5.41, 5.74) is 5.92. The van der Waals surface area contributed by atoms with Gasteiger partial charge < -0.3 is 20.1 Å². The highest BCUT2D eigenvalue weighted by Crippen LogP contribution is 2.17. The molecule has 0 bridgehead atoms. The maximum atomic E-state index is 12.1. The first-order valence-electron chi connectivity index (χ1n) is 5.90. The number of nitrogens with zero attached hydrogens (tertiary/aromatic N) is 1. The van der Waals surface area contributed by atoms with Crippen molar-refractivity contribution in [3.05, 3.63) is 0 Å². The summed E-state index contributed by atoms with van der Waals surface area (Å²) >= 11 is 0. The molecule has 92 valence electrons. The molecule has 0 aromatic heterocycles. The van der Waals surface area contributed by atoms with E-state index in [1.165, 1.54) is 0 Å². The Morgan fingerprint density at radius 2 is 2.19 bits per heavy atom. The standard InChI is InChI=1S/C11H20N2O3/c1-8-4-9(12)6-13(5-8)11(14)10-7-15-2-3-16-10/h8-10H,2-7,12H2,1H3. The van der Waals surface area contributed by atoms with Gasteiger partial charge in [0, 0.05) is 19.1 Å². The molecular formula is C11H20N2O3. The number of rotatable bonds is 1. The third kappa shape index (κ3) is 2.72. The fourth-order valence-electron chi connectivity index (χ4n) is 2.41. The van der Waals surface area contributed by atoms with E-state index in [0.717, 1.165) is 13.0 Å². The summed E-state index contributed by atoms with van der Waals surface area (Å²) in [6.45, 7) is 5.01. The number of hydrogen-bond donors (Lipinski definition) is 1. The van der Waals surface area contributed by atoms with Crippen LogP contribution in [-0.2, 0) is 14.3 Å². The summed E-state index contributed by atoms with van der Waals surface area (Å²) in [6, 6.07) is 0.0946. The van der Waals surface area contributed by atoms with Crippen LogP contribution in [0.5, 0.6) is 0 Å². The van der Waals surface area contributed by atoms with E-state index in [2.05, 4.69) is 6.92 Å². The van der Waals surface area contributed by atoms with Crippen molar-refractivity contribution < 1.29 is 14.3 Å². The molecule has 0 saturated carbocycles. The van der Waals surface area contributed by atoms with Gasteiger partial charge in [0.05, 0.1) is 19.8 Å². The van der Waals surface area contributed by atoms with Crippen LogP contribution >= 0.6 is 0 Å². The molecule has 2 aliphatic rings. The van der Waals surface area contributed by atoms with E-state index >= 15 is 0 Å². The second kappa shape index (κ2) is 5.12. The average Bonchev–Trinajstić information content (AvgIpc) is 2.28. The second-order valence-corrected chi connectivity index (χ2v) is 4.78. The summed E-state index contributed by atoms with van der Waals surface area (Å²) in [6.07, 6.45) is 0.567. The molecule has 2 fully saturated rings. The van der Waals surface area contributed by atoms with E-state index in [1.807, 2.05) is 4.90 Å². The van der Waals surface area contributed by atoms with E-state index in [-0.39, 0.29) is 11.9 Å². The quantitative estimate of drug-likeness (QED) is 0.663. The van der Waals surface area contributed by atoms with Gasteiger partial charge in [0.2, 0.25) is 0 Å². The highest BCUT2D eigenvalue weighted by molar-refractivity contribution is 5.81. The van der Waals surface area contributed by atoms with Gasteiger partial charge in [-0.3, -0.25) is 4.79 Å². The normalized spacial score (nSPS) is 36.1. The zero-order valence-electron chi connectivity index (χ0n) is 9.72. The van der Waals surface area contributed by atoms with Gasteiger partial charge in [0.1, 0.15) is 0 Å². The summed E-state index contributed by atoms with van der Waals surface area (Å²) in [5.74, 6) is 0.499. The molecule has 1 amide bonds. The highest BCUT2D eigenvalue weighted by atomic mass is 16.6. The van der Waals surface area contributed by atoms with E-state index in [4.69, 9.17) is 15.2 Å². The number of amides is 1. The minimum absolute atomic E-state index is 0.0294. The molecular weight excluding hydrogens is 208 g/mol. The number of piperidine rings is 1. The molecule has 3 unspecified atom stereocenters. The van der Waals surface area contributed by atoms with Gasteiger partial charge in [-0.2, -0.15) is 0 Å². The Balaban J connectivity index is 1.92. The minimum Gasteiger partial charge on any atom is -0.376 e. The molecule has 5 nitrogen and oxygen atoms in total. The lowest BCUT2D eigenvalue weighted by Crippen LogP contribution is -2.53. The molecule has 0 aromatic carbocycles. The molecule has 16 heavy (non-hydrogen) atoms. The van der Waals surface area contributed by atoms with Crippen LogP contribution in [0.2, 0.25) is 0 Å². The molecule has 2 N–H and O–H groups in total. The van der Waals surface area contributed by atoms with Crippen LogP contribution in [0.1, 0.15) is 13.3 Å². The average molecular weight is 228 g/mol. The number of carbonyl (C=O) groups excluding carboxylic acids is 1. The predicted octanol–water partition coefficient (Wildman–Crippen LogP) is -0.402. The molecule has 2 heterocycles. The molecule has 2 saturated heterocycles. The van der Waals surface area contributed by atoms with Gasteiger partial charge >= 0.3 is 0 Å². The van der Waals surface area contributed by atoms with Crippen LogP contribution in [-0.4, -0.2) is 55.9 Å². The molecule has 5 heteroatoms. The topological polar surface area (TPSA) is 64.8 Å². The smallest absolute Gasteiger partial charge is 0.254 e. The van der Waals surface area contributed by atoms with Crippen LogP contribution in [0.3, 0.4) is 0 Å². The SMILES string of the molecule is CC1CC(N)CN(C(=O)C2COCCO2)C1.